The van der Waals surface area contributed by atoms with Crippen LogP contribution < -0.4 is 9.47 Å². The van der Waals surface area contributed by atoms with Gasteiger partial charge in [-0.1, -0.05) is 18.2 Å². The van der Waals surface area contributed by atoms with Crippen molar-refractivity contribution in [2.45, 2.75) is 61.3 Å². The van der Waals surface area contributed by atoms with Gasteiger partial charge in [-0.3, -0.25) is 9.59 Å². The molecule has 0 saturated heterocycles. The number of rotatable bonds is 10. The number of aliphatic carboxylic acids is 1. The molecule has 2 aromatic rings. The SMILES string of the molecule is COc1ccc(S(=O)(=O)C(CC(=O)O)C(C)N(C)C(=O)c2ccccc2)cc1OC1CCCC1. The van der Waals surface area contributed by atoms with E-state index in [1.807, 2.05) is 0 Å². The number of carboxylic acid groups (broad SMARTS) is 1. The van der Waals surface area contributed by atoms with Gasteiger partial charge in [0.15, 0.2) is 21.3 Å². The van der Waals surface area contributed by atoms with Gasteiger partial charge in [0.2, 0.25) is 0 Å². The standard InChI is InChI=1S/C25H31NO7S/c1-17(26(2)25(29)18-9-5-4-6-10-18)23(16-24(27)28)34(30,31)20-13-14-21(32-3)22(15-20)33-19-11-7-8-12-19/h4-6,9-10,13-15,17,19,23H,7-8,11-12,16H2,1-3H3,(H,27,28). The number of hydrogen-bond donors (Lipinski definition) is 1. The van der Waals surface area contributed by atoms with Crippen molar-refractivity contribution < 1.29 is 32.6 Å². The van der Waals surface area contributed by atoms with Crippen LogP contribution >= 0.6 is 0 Å². The minimum absolute atomic E-state index is 0.0183. The molecule has 1 amide bonds. The van der Waals surface area contributed by atoms with E-state index in [4.69, 9.17) is 9.47 Å². The van der Waals surface area contributed by atoms with Gasteiger partial charge in [0.1, 0.15) is 0 Å². The fourth-order valence-corrected chi connectivity index (χ4v) is 6.16. The summed E-state index contributed by atoms with van der Waals surface area (Å²) >= 11 is 0. The third-order valence-electron chi connectivity index (χ3n) is 6.32. The maximum atomic E-state index is 13.7. The van der Waals surface area contributed by atoms with Crippen LogP contribution in [0.1, 0.15) is 49.4 Å². The smallest absolute Gasteiger partial charge is 0.304 e. The lowest BCUT2D eigenvalue weighted by molar-refractivity contribution is -0.137. The maximum absolute atomic E-state index is 13.7. The summed E-state index contributed by atoms with van der Waals surface area (Å²) in [6.45, 7) is 1.55. The lowest BCUT2D eigenvalue weighted by Gasteiger charge is -2.31. The highest BCUT2D eigenvalue weighted by molar-refractivity contribution is 7.92. The van der Waals surface area contributed by atoms with Gasteiger partial charge in [-0.15, -0.1) is 0 Å². The number of carboxylic acids is 1. The molecule has 0 bridgehead atoms. The number of nitrogens with zero attached hydrogens (tertiary/aromatic N) is 1. The van der Waals surface area contributed by atoms with Crippen LogP contribution in [0.2, 0.25) is 0 Å². The predicted octanol–water partition coefficient (Wildman–Crippen LogP) is 3.79. The van der Waals surface area contributed by atoms with Gasteiger partial charge in [-0.25, -0.2) is 8.42 Å². The predicted molar refractivity (Wildman–Crippen MR) is 127 cm³/mol. The van der Waals surface area contributed by atoms with E-state index in [-0.39, 0.29) is 11.0 Å². The number of carbonyl (C=O) groups is 2. The van der Waals surface area contributed by atoms with Gasteiger partial charge in [0.05, 0.1) is 29.8 Å². The van der Waals surface area contributed by atoms with Gasteiger partial charge < -0.3 is 19.5 Å². The summed E-state index contributed by atoms with van der Waals surface area (Å²) in [7, 11) is -1.19. The van der Waals surface area contributed by atoms with Crippen molar-refractivity contribution in [3.8, 4) is 11.5 Å². The molecular formula is C25H31NO7S. The third-order valence-corrected chi connectivity index (χ3v) is 8.59. The van der Waals surface area contributed by atoms with Crippen LogP contribution in [0.3, 0.4) is 0 Å². The second-order valence-electron chi connectivity index (χ2n) is 8.54. The van der Waals surface area contributed by atoms with Crippen molar-refractivity contribution >= 4 is 21.7 Å². The van der Waals surface area contributed by atoms with Crippen LogP contribution in [-0.2, 0) is 14.6 Å². The van der Waals surface area contributed by atoms with Crippen molar-refractivity contribution in [3.63, 3.8) is 0 Å². The zero-order valence-corrected chi connectivity index (χ0v) is 20.5. The highest BCUT2D eigenvalue weighted by Gasteiger charge is 2.38. The minimum atomic E-state index is -4.15. The quantitative estimate of drug-likeness (QED) is 0.541. The Morgan fingerprint density at radius 1 is 1.09 bits per heavy atom. The Morgan fingerprint density at radius 2 is 1.74 bits per heavy atom. The average molecular weight is 490 g/mol. The van der Waals surface area contributed by atoms with E-state index in [1.54, 1.807) is 37.3 Å². The van der Waals surface area contributed by atoms with E-state index in [2.05, 4.69) is 0 Å². The Hall–Kier alpha value is -3.07. The topological polar surface area (TPSA) is 110 Å². The summed E-state index contributed by atoms with van der Waals surface area (Å²) in [4.78, 5) is 25.8. The molecule has 2 aromatic carbocycles. The first-order chi connectivity index (χ1) is 16.1. The molecule has 184 valence electrons. The Bertz CT molecular complexity index is 1110. The number of carbonyl (C=O) groups excluding carboxylic acids is 1. The first kappa shape index (κ1) is 25.6. The molecule has 9 heteroatoms. The molecule has 1 fully saturated rings. The third kappa shape index (κ3) is 5.70. The number of methoxy groups -OCH3 is 1. The van der Waals surface area contributed by atoms with Crippen molar-refractivity contribution in [1.29, 1.82) is 0 Å². The average Bonchev–Trinajstić information content (AvgIpc) is 3.34. The van der Waals surface area contributed by atoms with Crippen LogP contribution in [0.15, 0.2) is 53.4 Å². The van der Waals surface area contributed by atoms with Crippen molar-refractivity contribution in [2.24, 2.45) is 0 Å². The zero-order valence-electron chi connectivity index (χ0n) is 19.6. The van der Waals surface area contributed by atoms with Crippen molar-refractivity contribution in [2.75, 3.05) is 14.2 Å². The minimum Gasteiger partial charge on any atom is -0.493 e. The first-order valence-corrected chi connectivity index (χ1v) is 12.8. The fourth-order valence-electron chi connectivity index (χ4n) is 4.22. The maximum Gasteiger partial charge on any atom is 0.304 e. The van der Waals surface area contributed by atoms with Crippen molar-refractivity contribution in [1.82, 2.24) is 4.90 Å². The molecule has 2 atom stereocenters. The molecule has 3 rings (SSSR count). The Morgan fingerprint density at radius 3 is 2.32 bits per heavy atom. The van der Waals surface area contributed by atoms with E-state index >= 15 is 0 Å². The molecule has 1 aliphatic rings. The fraction of sp³-hybridized carbons (Fsp3) is 0.440. The summed E-state index contributed by atoms with van der Waals surface area (Å²) in [6, 6.07) is 11.8. The Balaban J connectivity index is 1.94. The summed E-state index contributed by atoms with van der Waals surface area (Å²) in [5, 5.41) is 8.13. The first-order valence-electron chi connectivity index (χ1n) is 11.3. The monoisotopic (exact) mass is 489 g/mol. The lowest BCUT2D eigenvalue weighted by atomic mass is 10.1. The van der Waals surface area contributed by atoms with E-state index in [1.165, 1.54) is 37.3 Å². The molecule has 1 aliphatic carbocycles. The molecule has 34 heavy (non-hydrogen) atoms. The molecule has 0 aromatic heterocycles. The van der Waals surface area contributed by atoms with Gasteiger partial charge in [-0.2, -0.15) is 0 Å². The van der Waals surface area contributed by atoms with Crippen LogP contribution in [-0.4, -0.2) is 61.9 Å². The van der Waals surface area contributed by atoms with Crippen molar-refractivity contribution in [3.05, 3.63) is 54.1 Å². The largest absolute Gasteiger partial charge is 0.493 e. The molecule has 0 aliphatic heterocycles. The van der Waals surface area contributed by atoms with Gasteiger partial charge in [-0.05, 0) is 56.9 Å². The number of amides is 1. The van der Waals surface area contributed by atoms with E-state index < -0.39 is 39.4 Å². The van der Waals surface area contributed by atoms with Crippen LogP contribution in [0.5, 0.6) is 11.5 Å². The number of hydrogen-bond acceptors (Lipinski definition) is 6. The summed E-state index contributed by atoms with van der Waals surface area (Å²) in [5.41, 5.74) is 0.389. The molecule has 1 N–H and O–H groups in total. The van der Waals surface area contributed by atoms with Crippen LogP contribution in [0, 0.1) is 0 Å². The number of sulfone groups is 1. The lowest BCUT2D eigenvalue weighted by Crippen LogP contribution is -2.47. The Kier molecular flexibility index (Phi) is 8.19. The molecule has 8 nitrogen and oxygen atoms in total. The molecule has 1 saturated carbocycles. The summed E-state index contributed by atoms with van der Waals surface area (Å²) in [5.74, 6) is -0.938. The van der Waals surface area contributed by atoms with E-state index in [9.17, 15) is 23.1 Å². The zero-order chi connectivity index (χ0) is 24.9. The second-order valence-corrected chi connectivity index (χ2v) is 10.7. The van der Waals surface area contributed by atoms with Crippen LogP contribution in [0.25, 0.3) is 0 Å². The number of benzene rings is 2. The summed E-state index contributed by atoms with van der Waals surface area (Å²) in [6.07, 6.45) is 3.18. The van der Waals surface area contributed by atoms with Gasteiger partial charge >= 0.3 is 5.97 Å². The van der Waals surface area contributed by atoms with Gasteiger partial charge in [0, 0.05) is 24.7 Å². The highest BCUT2D eigenvalue weighted by atomic mass is 32.2. The number of ether oxygens (including phenoxy) is 2. The Labute approximate surface area is 200 Å². The van der Waals surface area contributed by atoms with E-state index in [0.29, 0.717) is 17.1 Å². The normalized spacial score (nSPS) is 16.0. The molecule has 0 radical (unpaired) electrons. The van der Waals surface area contributed by atoms with Crippen LogP contribution in [0.4, 0.5) is 0 Å². The molecule has 2 unspecified atom stereocenters. The highest BCUT2D eigenvalue weighted by Crippen LogP contribution is 2.35. The van der Waals surface area contributed by atoms with Gasteiger partial charge in [0.25, 0.3) is 5.91 Å². The second kappa shape index (κ2) is 10.9. The summed E-state index contributed by atoms with van der Waals surface area (Å²) < 4.78 is 38.7. The molecular weight excluding hydrogens is 458 g/mol. The van der Waals surface area contributed by atoms with E-state index in [0.717, 1.165) is 25.7 Å². The molecule has 0 spiro atoms. The molecule has 0 heterocycles.